The summed E-state index contributed by atoms with van der Waals surface area (Å²) >= 11 is 0. The Balaban J connectivity index is 3.05. The van der Waals surface area contributed by atoms with Gasteiger partial charge < -0.3 is 4.52 Å². The van der Waals surface area contributed by atoms with Crippen molar-refractivity contribution >= 4 is 0 Å². The van der Waals surface area contributed by atoms with E-state index in [1.165, 1.54) is 0 Å². The number of nitrogens with zero attached hydrogens (tertiary/aromatic N) is 2. The van der Waals surface area contributed by atoms with Crippen LogP contribution < -0.4 is 0 Å². The summed E-state index contributed by atoms with van der Waals surface area (Å²) in [4.78, 5) is 0. The molecule has 1 aromatic heterocycles. The molecule has 0 atom stereocenters. The van der Waals surface area contributed by atoms with Gasteiger partial charge in [-0.2, -0.15) is 4.39 Å². The van der Waals surface area contributed by atoms with Gasteiger partial charge in [-0.15, -0.1) is 5.10 Å². The summed E-state index contributed by atoms with van der Waals surface area (Å²) in [5.74, 6) is 0. The second-order valence-electron chi connectivity index (χ2n) is 0.722. The molecule has 0 saturated carbocycles. The third kappa shape index (κ3) is 0.357. The zero-order valence-corrected chi connectivity index (χ0v) is 2.76. The molecule has 1 heterocycles. The number of rotatable bonds is 0. The standard InChI is InChI=1S/C2HFN2O/c3-2-1-4-5-6-2/h1H. The summed E-state index contributed by atoms with van der Waals surface area (Å²) in [6.07, 6.45) is 0.889. The summed E-state index contributed by atoms with van der Waals surface area (Å²) in [5.41, 5.74) is 0. The van der Waals surface area contributed by atoms with Crippen molar-refractivity contribution in [2.45, 2.75) is 0 Å². The van der Waals surface area contributed by atoms with Gasteiger partial charge >= 0.3 is 6.01 Å². The molecule has 6 heavy (non-hydrogen) atoms. The van der Waals surface area contributed by atoms with Gasteiger partial charge in [-0.1, -0.05) is 0 Å². The molecule has 0 saturated heterocycles. The number of halogens is 1. The third-order valence-electron chi connectivity index (χ3n) is 0.334. The molecule has 1 aromatic rings. The summed E-state index contributed by atoms with van der Waals surface area (Å²) in [7, 11) is 0. The zero-order valence-electron chi connectivity index (χ0n) is 2.76. The topological polar surface area (TPSA) is 38.9 Å². The Kier molecular flexibility index (Phi) is 0.567. The van der Waals surface area contributed by atoms with Crippen LogP contribution in [0.4, 0.5) is 4.39 Å². The lowest BCUT2D eigenvalue weighted by molar-refractivity contribution is 0.272. The molecule has 3 nitrogen and oxygen atoms in total. The van der Waals surface area contributed by atoms with Crippen LogP contribution in [0.3, 0.4) is 0 Å². The van der Waals surface area contributed by atoms with Crippen molar-refractivity contribution < 1.29 is 8.91 Å². The van der Waals surface area contributed by atoms with Crippen LogP contribution in [0, 0.1) is 6.01 Å². The molecule has 1 rings (SSSR count). The van der Waals surface area contributed by atoms with E-state index in [0.29, 0.717) is 0 Å². The van der Waals surface area contributed by atoms with Gasteiger partial charge in [0.05, 0.1) is 0 Å². The van der Waals surface area contributed by atoms with Crippen molar-refractivity contribution in [1.29, 1.82) is 0 Å². The Morgan fingerprint density at radius 1 is 1.83 bits per heavy atom. The first kappa shape index (κ1) is 3.27. The Hall–Kier alpha value is -0.930. The van der Waals surface area contributed by atoms with Gasteiger partial charge in [-0.3, -0.25) is 0 Å². The normalized spacial score (nSPS) is 8.83. The molecule has 0 N–H and O–H groups in total. The average molecular weight is 88.0 g/mol. The van der Waals surface area contributed by atoms with E-state index in [-0.39, 0.29) is 0 Å². The van der Waals surface area contributed by atoms with Crippen molar-refractivity contribution in [3.8, 4) is 0 Å². The highest BCUT2D eigenvalue weighted by Crippen LogP contribution is 1.84. The van der Waals surface area contributed by atoms with Crippen LogP contribution >= 0.6 is 0 Å². The van der Waals surface area contributed by atoms with Gasteiger partial charge in [0, 0.05) is 5.27 Å². The van der Waals surface area contributed by atoms with E-state index >= 15 is 0 Å². The van der Waals surface area contributed by atoms with Crippen LogP contribution in [0.2, 0.25) is 0 Å². The fourth-order valence-corrected chi connectivity index (χ4v) is 0.155. The molecule has 0 aliphatic rings. The molecule has 0 aliphatic carbocycles. The summed E-state index contributed by atoms with van der Waals surface area (Å²) < 4.78 is 15.2. The zero-order chi connectivity index (χ0) is 4.41. The number of aromatic nitrogens is 2. The van der Waals surface area contributed by atoms with E-state index in [4.69, 9.17) is 0 Å². The summed E-state index contributed by atoms with van der Waals surface area (Å²) in [6.45, 7) is 0. The first-order chi connectivity index (χ1) is 2.89. The molecule has 0 unspecified atom stereocenters. The summed E-state index contributed by atoms with van der Waals surface area (Å²) in [5, 5.41) is 5.85. The van der Waals surface area contributed by atoms with Gasteiger partial charge in [0.2, 0.25) is 0 Å². The van der Waals surface area contributed by atoms with E-state index in [9.17, 15) is 4.39 Å². The number of hydrogen-bond acceptors (Lipinski definition) is 3. The number of hydrogen-bond donors (Lipinski definition) is 0. The van der Waals surface area contributed by atoms with Crippen molar-refractivity contribution in [2.75, 3.05) is 0 Å². The molecular weight excluding hydrogens is 87.0 g/mol. The van der Waals surface area contributed by atoms with Crippen LogP contribution in [-0.2, 0) is 0 Å². The molecular formula is C2HFN2O. The molecule has 0 aliphatic heterocycles. The van der Waals surface area contributed by atoms with Crippen LogP contribution in [0.25, 0.3) is 0 Å². The molecule has 0 spiro atoms. The van der Waals surface area contributed by atoms with E-state index in [2.05, 4.69) is 14.9 Å². The smallest absolute Gasteiger partial charge is 0.306 e. The molecule has 32 valence electrons. The lowest BCUT2D eigenvalue weighted by Gasteiger charge is -1.57. The van der Waals surface area contributed by atoms with Gasteiger partial charge in [0.15, 0.2) is 0 Å². The Morgan fingerprint density at radius 3 is 2.83 bits per heavy atom. The molecule has 0 radical (unpaired) electrons. The molecule has 0 aromatic carbocycles. The summed E-state index contributed by atoms with van der Waals surface area (Å²) in [6, 6.07) is -0.755. The quantitative estimate of drug-likeness (QED) is 0.455. The van der Waals surface area contributed by atoms with E-state index < -0.39 is 6.01 Å². The predicted octanol–water partition coefficient (Wildman–Crippen LogP) is 0.209. The van der Waals surface area contributed by atoms with Crippen LogP contribution in [0.5, 0.6) is 0 Å². The lowest BCUT2D eigenvalue weighted by atomic mass is 11.0. The maximum atomic E-state index is 11.4. The fourth-order valence-electron chi connectivity index (χ4n) is 0.155. The highest BCUT2D eigenvalue weighted by Gasteiger charge is 1.85. The van der Waals surface area contributed by atoms with Crippen LogP contribution in [-0.4, -0.2) is 10.4 Å². The second kappa shape index (κ2) is 1.04. The third-order valence-corrected chi connectivity index (χ3v) is 0.334. The Morgan fingerprint density at radius 2 is 2.67 bits per heavy atom. The van der Waals surface area contributed by atoms with E-state index in [1.807, 2.05) is 0 Å². The maximum Gasteiger partial charge on any atom is 0.326 e. The van der Waals surface area contributed by atoms with Gasteiger partial charge in [-0.05, 0) is 0 Å². The van der Waals surface area contributed by atoms with Crippen molar-refractivity contribution in [2.24, 2.45) is 0 Å². The second-order valence-corrected chi connectivity index (χ2v) is 0.722. The monoisotopic (exact) mass is 88.0 g/mol. The maximum absolute atomic E-state index is 11.4. The molecule has 0 bridgehead atoms. The lowest BCUT2D eigenvalue weighted by Crippen LogP contribution is -1.53. The van der Waals surface area contributed by atoms with E-state index in [0.717, 1.165) is 6.20 Å². The molecule has 0 amide bonds. The molecule has 4 heteroatoms. The van der Waals surface area contributed by atoms with Gasteiger partial charge in [-0.25, -0.2) is 0 Å². The highest BCUT2D eigenvalue weighted by molar-refractivity contribution is 4.56. The largest absolute Gasteiger partial charge is 0.326 e. The fraction of sp³-hybridized carbons (Fsp3) is 0. The van der Waals surface area contributed by atoms with E-state index in [1.54, 1.807) is 0 Å². The van der Waals surface area contributed by atoms with Crippen molar-refractivity contribution in [1.82, 2.24) is 10.4 Å². The van der Waals surface area contributed by atoms with Crippen LogP contribution in [0.15, 0.2) is 10.7 Å². The first-order valence-corrected chi connectivity index (χ1v) is 1.32. The van der Waals surface area contributed by atoms with Gasteiger partial charge in [0.25, 0.3) is 0 Å². The van der Waals surface area contributed by atoms with Crippen molar-refractivity contribution in [3.05, 3.63) is 12.2 Å². The highest BCUT2D eigenvalue weighted by atomic mass is 19.1. The first-order valence-electron chi connectivity index (χ1n) is 1.32. The SMILES string of the molecule is Fc1cnno1. The minimum Gasteiger partial charge on any atom is -0.306 e. The molecule has 0 fully saturated rings. The average Bonchev–Trinajstić information content (AvgIpc) is 1.86. The minimum atomic E-state index is -0.755. The predicted molar refractivity (Wildman–Crippen MR) is 14.3 cm³/mol. The van der Waals surface area contributed by atoms with Crippen molar-refractivity contribution in [3.63, 3.8) is 0 Å². The van der Waals surface area contributed by atoms with Crippen LogP contribution in [0.1, 0.15) is 0 Å². The Labute approximate surface area is 32.8 Å². The Bertz CT molecular complexity index is 115. The van der Waals surface area contributed by atoms with Gasteiger partial charge in [0.1, 0.15) is 6.20 Å². The minimum absolute atomic E-state index is 0.755.